The van der Waals surface area contributed by atoms with Crippen molar-refractivity contribution in [1.29, 1.82) is 5.26 Å². The van der Waals surface area contributed by atoms with Gasteiger partial charge in [-0.2, -0.15) is 5.26 Å². The molecule has 0 aromatic heterocycles. The quantitative estimate of drug-likeness (QED) is 0.853. The molecule has 0 spiro atoms. The number of methoxy groups -OCH3 is 2. The summed E-state index contributed by atoms with van der Waals surface area (Å²) in [5.74, 6) is -0.998. The summed E-state index contributed by atoms with van der Waals surface area (Å²) >= 11 is 0. The number of ether oxygens (including phenoxy) is 3. The molecule has 2 N–H and O–H groups in total. The Morgan fingerprint density at radius 1 is 1.39 bits per heavy atom. The van der Waals surface area contributed by atoms with E-state index in [1.165, 1.54) is 14.2 Å². The topological polar surface area (TPSA) is 94.6 Å². The van der Waals surface area contributed by atoms with Gasteiger partial charge in [0.1, 0.15) is 24.0 Å². The van der Waals surface area contributed by atoms with Gasteiger partial charge in [-0.25, -0.2) is 4.79 Å². The molecule has 1 aliphatic rings. The van der Waals surface area contributed by atoms with Crippen LogP contribution >= 0.6 is 0 Å². The van der Waals surface area contributed by atoms with E-state index in [0.717, 1.165) is 11.1 Å². The molecule has 0 radical (unpaired) electrons. The molecule has 23 heavy (non-hydrogen) atoms. The minimum absolute atomic E-state index is 0.0274. The van der Waals surface area contributed by atoms with E-state index in [1.54, 1.807) is 0 Å². The summed E-state index contributed by atoms with van der Waals surface area (Å²) in [4.78, 5) is 12.3. The Labute approximate surface area is 134 Å². The largest absolute Gasteiger partial charge is 0.466 e. The molecule has 6 nitrogen and oxygen atoms in total. The molecule has 0 amide bonds. The molecule has 1 aliphatic heterocycles. The third kappa shape index (κ3) is 3.05. The number of carbonyl (C=O) groups excluding carboxylic acids is 1. The number of nitrogens with zero attached hydrogens (tertiary/aromatic N) is 1. The number of hydrogen-bond acceptors (Lipinski definition) is 6. The van der Waals surface area contributed by atoms with Gasteiger partial charge in [0.05, 0.1) is 18.6 Å². The van der Waals surface area contributed by atoms with E-state index in [-0.39, 0.29) is 29.4 Å². The number of aryl methyl sites for hydroxylation is 1. The van der Waals surface area contributed by atoms with E-state index in [0.29, 0.717) is 0 Å². The van der Waals surface area contributed by atoms with Crippen molar-refractivity contribution in [2.24, 2.45) is 5.73 Å². The van der Waals surface area contributed by atoms with E-state index >= 15 is 0 Å². The first-order chi connectivity index (χ1) is 11.0. The second-order valence-electron chi connectivity index (χ2n) is 5.04. The molecule has 1 atom stereocenters. The van der Waals surface area contributed by atoms with Crippen LogP contribution in [0.2, 0.25) is 0 Å². The zero-order valence-corrected chi connectivity index (χ0v) is 13.3. The van der Waals surface area contributed by atoms with Crippen molar-refractivity contribution >= 4 is 5.97 Å². The van der Waals surface area contributed by atoms with Crippen molar-refractivity contribution in [3.63, 3.8) is 0 Å². The number of hydrogen-bond donors (Lipinski definition) is 1. The van der Waals surface area contributed by atoms with Crippen LogP contribution in [0.25, 0.3) is 0 Å². The van der Waals surface area contributed by atoms with Gasteiger partial charge in [0.15, 0.2) is 0 Å². The van der Waals surface area contributed by atoms with Gasteiger partial charge in [-0.1, -0.05) is 24.3 Å². The Balaban J connectivity index is 2.72. The lowest BCUT2D eigenvalue weighted by Gasteiger charge is -2.28. The van der Waals surface area contributed by atoms with Crippen LogP contribution < -0.4 is 5.73 Å². The second-order valence-corrected chi connectivity index (χ2v) is 5.04. The van der Waals surface area contributed by atoms with Gasteiger partial charge in [0, 0.05) is 7.11 Å². The second kappa shape index (κ2) is 6.99. The number of nitriles is 1. The maximum Gasteiger partial charge on any atom is 0.338 e. The normalized spacial score (nSPS) is 17.6. The Kier molecular flexibility index (Phi) is 5.04. The minimum atomic E-state index is -0.646. The van der Waals surface area contributed by atoms with E-state index in [4.69, 9.17) is 19.9 Å². The van der Waals surface area contributed by atoms with Crippen LogP contribution in [0.3, 0.4) is 0 Å². The van der Waals surface area contributed by atoms with Crippen LogP contribution in [0.15, 0.2) is 47.1 Å². The van der Waals surface area contributed by atoms with Crippen LogP contribution in [-0.2, 0) is 19.0 Å². The Morgan fingerprint density at radius 2 is 2.09 bits per heavy atom. The highest BCUT2D eigenvalue weighted by Crippen LogP contribution is 2.40. The molecule has 1 aromatic carbocycles. The highest BCUT2D eigenvalue weighted by Gasteiger charge is 2.37. The van der Waals surface area contributed by atoms with Crippen molar-refractivity contribution in [3.05, 3.63) is 58.2 Å². The number of rotatable bonds is 4. The Morgan fingerprint density at radius 3 is 2.65 bits per heavy atom. The van der Waals surface area contributed by atoms with Gasteiger partial charge >= 0.3 is 5.97 Å². The summed E-state index contributed by atoms with van der Waals surface area (Å²) in [5, 5.41) is 9.50. The van der Waals surface area contributed by atoms with Gasteiger partial charge < -0.3 is 19.9 Å². The van der Waals surface area contributed by atoms with Crippen LogP contribution in [0.5, 0.6) is 0 Å². The molecule has 1 heterocycles. The summed E-state index contributed by atoms with van der Waals surface area (Å²) < 4.78 is 15.4. The molecule has 0 fully saturated rings. The van der Waals surface area contributed by atoms with Gasteiger partial charge in [-0.05, 0) is 18.1 Å². The SMILES string of the molecule is COCC1=C(C(=O)OC)C(c2ccccc2C)C(C#N)=C(N)O1. The maximum absolute atomic E-state index is 12.3. The third-order valence-electron chi connectivity index (χ3n) is 3.68. The van der Waals surface area contributed by atoms with E-state index in [1.807, 2.05) is 37.3 Å². The summed E-state index contributed by atoms with van der Waals surface area (Å²) in [6, 6.07) is 9.53. The van der Waals surface area contributed by atoms with Gasteiger partial charge in [0.25, 0.3) is 0 Å². The van der Waals surface area contributed by atoms with Gasteiger partial charge in [0.2, 0.25) is 5.88 Å². The molecule has 0 bridgehead atoms. The lowest BCUT2D eigenvalue weighted by Crippen LogP contribution is -2.27. The lowest BCUT2D eigenvalue weighted by molar-refractivity contribution is -0.136. The van der Waals surface area contributed by atoms with Crippen molar-refractivity contribution in [2.75, 3.05) is 20.8 Å². The van der Waals surface area contributed by atoms with E-state index < -0.39 is 11.9 Å². The fraction of sp³-hybridized carbons (Fsp3) is 0.294. The van der Waals surface area contributed by atoms with Crippen molar-refractivity contribution < 1.29 is 19.0 Å². The summed E-state index contributed by atoms with van der Waals surface area (Å²) in [5.41, 5.74) is 8.02. The molecule has 0 saturated heterocycles. The van der Waals surface area contributed by atoms with Gasteiger partial charge in [-0.15, -0.1) is 0 Å². The molecule has 0 aliphatic carbocycles. The van der Waals surface area contributed by atoms with Crippen LogP contribution in [0.4, 0.5) is 0 Å². The predicted molar refractivity (Wildman–Crippen MR) is 82.7 cm³/mol. The van der Waals surface area contributed by atoms with Gasteiger partial charge in [-0.3, -0.25) is 0 Å². The first kappa shape index (κ1) is 16.6. The first-order valence-electron chi connectivity index (χ1n) is 6.98. The van der Waals surface area contributed by atoms with Crippen molar-refractivity contribution in [1.82, 2.24) is 0 Å². The molecule has 0 saturated carbocycles. The highest BCUT2D eigenvalue weighted by molar-refractivity contribution is 5.92. The predicted octanol–water partition coefficient (Wildman–Crippen LogP) is 1.88. The number of allylic oxidation sites excluding steroid dienone is 1. The molecule has 1 unspecified atom stereocenters. The molecular formula is C17H18N2O4. The Hall–Kier alpha value is -2.78. The molecule has 2 rings (SSSR count). The maximum atomic E-state index is 12.3. The Bertz CT molecular complexity index is 728. The summed E-state index contributed by atoms with van der Waals surface area (Å²) in [6.45, 7) is 1.95. The molecule has 1 aromatic rings. The number of nitrogens with two attached hydrogens (primary N) is 1. The summed E-state index contributed by atoms with van der Waals surface area (Å²) in [6.07, 6.45) is 0. The zero-order valence-electron chi connectivity index (χ0n) is 13.3. The average molecular weight is 314 g/mol. The number of benzene rings is 1. The highest BCUT2D eigenvalue weighted by atomic mass is 16.5. The number of carbonyl (C=O) groups is 1. The number of esters is 1. The van der Waals surface area contributed by atoms with Crippen LogP contribution in [0, 0.1) is 18.3 Å². The third-order valence-corrected chi connectivity index (χ3v) is 3.68. The zero-order chi connectivity index (χ0) is 17.0. The standard InChI is InChI=1S/C17H18N2O4/c1-10-6-4-5-7-11(10)14-12(8-18)16(19)23-13(9-21-2)15(14)17(20)22-3/h4-7,14H,9,19H2,1-3H3. The van der Waals surface area contributed by atoms with E-state index in [9.17, 15) is 10.1 Å². The van der Waals surface area contributed by atoms with Crippen LogP contribution in [-0.4, -0.2) is 26.8 Å². The monoisotopic (exact) mass is 314 g/mol. The first-order valence-corrected chi connectivity index (χ1v) is 6.98. The smallest absolute Gasteiger partial charge is 0.338 e. The molecular weight excluding hydrogens is 296 g/mol. The van der Waals surface area contributed by atoms with E-state index in [2.05, 4.69) is 0 Å². The fourth-order valence-electron chi connectivity index (χ4n) is 2.61. The summed E-state index contributed by atoms with van der Waals surface area (Å²) in [7, 11) is 2.76. The van der Waals surface area contributed by atoms with Crippen molar-refractivity contribution in [3.8, 4) is 6.07 Å². The van der Waals surface area contributed by atoms with Crippen LogP contribution in [0.1, 0.15) is 17.0 Å². The molecule has 6 heteroatoms. The fourth-order valence-corrected chi connectivity index (χ4v) is 2.61. The molecule has 120 valence electrons. The van der Waals surface area contributed by atoms with Crippen molar-refractivity contribution in [2.45, 2.75) is 12.8 Å². The minimum Gasteiger partial charge on any atom is -0.466 e. The lowest BCUT2D eigenvalue weighted by atomic mass is 9.81. The average Bonchev–Trinajstić information content (AvgIpc) is 2.54.